The second-order valence-corrected chi connectivity index (χ2v) is 6.35. The minimum absolute atomic E-state index is 0.239. The Hall–Kier alpha value is -2.25. The predicted molar refractivity (Wildman–Crippen MR) is 93.7 cm³/mol. The number of hydrogen-bond acceptors (Lipinski definition) is 6. The summed E-state index contributed by atoms with van der Waals surface area (Å²) < 4.78 is 23.6. The zero-order chi connectivity index (χ0) is 17.8. The summed E-state index contributed by atoms with van der Waals surface area (Å²) >= 11 is 0. The molecule has 0 spiro atoms. The first-order chi connectivity index (χ1) is 12.8. The van der Waals surface area contributed by atoms with Crippen molar-refractivity contribution in [2.45, 2.75) is 37.8 Å². The molecule has 0 aliphatic carbocycles. The van der Waals surface area contributed by atoms with Gasteiger partial charge in [0.2, 0.25) is 6.29 Å². The van der Waals surface area contributed by atoms with Gasteiger partial charge in [0.1, 0.15) is 11.8 Å². The number of hydrogen-bond donors (Lipinski definition) is 1. The molecule has 2 aromatic carbocycles. The Morgan fingerprint density at radius 3 is 2.42 bits per heavy atom. The highest BCUT2D eigenvalue weighted by molar-refractivity contribution is 5.88. The van der Waals surface area contributed by atoms with Gasteiger partial charge in [0.15, 0.2) is 6.29 Å². The van der Waals surface area contributed by atoms with Crippen LogP contribution in [0.2, 0.25) is 0 Å². The van der Waals surface area contributed by atoms with Crippen LogP contribution < -0.4 is 0 Å². The van der Waals surface area contributed by atoms with E-state index in [0.717, 1.165) is 11.1 Å². The number of ether oxygens (including phenoxy) is 4. The van der Waals surface area contributed by atoms with Gasteiger partial charge in [0, 0.05) is 12.0 Å². The van der Waals surface area contributed by atoms with Crippen molar-refractivity contribution in [2.75, 3.05) is 6.61 Å². The molecule has 6 heteroatoms. The number of benzene rings is 2. The van der Waals surface area contributed by atoms with Gasteiger partial charge in [0.25, 0.3) is 0 Å². The van der Waals surface area contributed by atoms with E-state index in [1.165, 1.54) is 0 Å². The maximum absolute atomic E-state index is 9.37. The quantitative estimate of drug-likeness (QED) is 0.673. The van der Waals surface area contributed by atoms with Crippen molar-refractivity contribution in [3.05, 3.63) is 71.8 Å². The summed E-state index contributed by atoms with van der Waals surface area (Å²) in [5.41, 5.74) is 2.41. The molecule has 2 aliphatic heterocycles. The summed E-state index contributed by atoms with van der Waals surface area (Å²) in [6.07, 6.45) is -1.21. The van der Waals surface area contributed by atoms with E-state index >= 15 is 0 Å². The second kappa shape index (κ2) is 7.97. The largest absolute Gasteiger partial charge is 0.411 e. The van der Waals surface area contributed by atoms with Crippen LogP contribution in [0.5, 0.6) is 0 Å². The van der Waals surface area contributed by atoms with E-state index in [1.807, 2.05) is 60.7 Å². The zero-order valence-electron chi connectivity index (χ0n) is 14.2. The third kappa shape index (κ3) is 3.78. The van der Waals surface area contributed by atoms with Gasteiger partial charge < -0.3 is 24.2 Å². The van der Waals surface area contributed by atoms with Crippen LogP contribution >= 0.6 is 0 Å². The van der Waals surface area contributed by atoms with E-state index in [2.05, 4.69) is 5.16 Å². The van der Waals surface area contributed by atoms with Crippen LogP contribution in [0.25, 0.3) is 0 Å². The summed E-state index contributed by atoms with van der Waals surface area (Å²) in [7, 11) is 0. The van der Waals surface area contributed by atoms with Gasteiger partial charge in [0.05, 0.1) is 19.3 Å². The lowest BCUT2D eigenvalue weighted by molar-refractivity contribution is -0.294. The molecule has 0 saturated carbocycles. The van der Waals surface area contributed by atoms with Crippen molar-refractivity contribution < 1.29 is 24.2 Å². The van der Waals surface area contributed by atoms with Gasteiger partial charge in [-0.1, -0.05) is 65.8 Å². The fourth-order valence-electron chi connectivity index (χ4n) is 3.18. The molecular formula is C20H21NO5. The highest BCUT2D eigenvalue weighted by Gasteiger charge is 2.42. The standard InChI is InChI=1S/C20H21NO5/c22-21-16-11-17-18(13-24-19(25-17)15-9-5-2-6-10-15)26-20(16)23-12-14-7-3-1-4-8-14/h1-10,17-20,22H,11-13H2/b21-16-/t17-,18+,19+,20-/m0/s1. The minimum Gasteiger partial charge on any atom is -0.411 e. The van der Waals surface area contributed by atoms with Crippen molar-refractivity contribution in [1.29, 1.82) is 0 Å². The van der Waals surface area contributed by atoms with E-state index in [9.17, 15) is 5.21 Å². The van der Waals surface area contributed by atoms with Gasteiger partial charge in [-0.25, -0.2) is 0 Å². The van der Waals surface area contributed by atoms with Crippen molar-refractivity contribution in [3.63, 3.8) is 0 Å². The first kappa shape index (κ1) is 17.2. The smallest absolute Gasteiger partial charge is 0.201 e. The lowest BCUT2D eigenvalue weighted by Crippen LogP contribution is -2.52. The summed E-state index contributed by atoms with van der Waals surface area (Å²) in [5, 5.41) is 12.7. The zero-order valence-corrected chi connectivity index (χ0v) is 14.2. The van der Waals surface area contributed by atoms with Gasteiger partial charge in [-0.2, -0.15) is 0 Å². The number of rotatable bonds is 4. The molecular weight excluding hydrogens is 334 g/mol. The van der Waals surface area contributed by atoms with Gasteiger partial charge in [-0.15, -0.1) is 0 Å². The maximum Gasteiger partial charge on any atom is 0.201 e. The molecule has 0 bridgehead atoms. The van der Waals surface area contributed by atoms with Crippen LogP contribution in [0.15, 0.2) is 65.8 Å². The molecule has 0 radical (unpaired) electrons. The summed E-state index contributed by atoms with van der Waals surface area (Å²) in [6.45, 7) is 0.768. The molecule has 2 heterocycles. The number of nitrogens with zero attached hydrogens (tertiary/aromatic N) is 1. The van der Waals surface area contributed by atoms with E-state index < -0.39 is 12.6 Å². The number of oxime groups is 1. The van der Waals surface area contributed by atoms with Crippen LogP contribution in [0.3, 0.4) is 0 Å². The fraction of sp³-hybridized carbons (Fsp3) is 0.350. The Bertz CT molecular complexity index is 736. The Labute approximate surface area is 151 Å². The summed E-state index contributed by atoms with van der Waals surface area (Å²) in [6, 6.07) is 19.5. The van der Waals surface area contributed by atoms with Crippen LogP contribution in [-0.4, -0.2) is 36.0 Å². The Kier molecular flexibility index (Phi) is 5.26. The van der Waals surface area contributed by atoms with E-state index in [-0.39, 0.29) is 12.2 Å². The van der Waals surface area contributed by atoms with Crippen molar-refractivity contribution >= 4 is 5.71 Å². The molecule has 1 N–H and O–H groups in total. The third-order valence-electron chi connectivity index (χ3n) is 4.55. The van der Waals surface area contributed by atoms with Crippen LogP contribution in [0, 0.1) is 0 Å². The van der Waals surface area contributed by atoms with E-state index in [4.69, 9.17) is 18.9 Å². The first-order valence-corrected chi connectivity index (χ1v) is 8.67. The summed E-state index contributed by atoms with van der Waals surface area (Å²) in [4.78, 5) is 0. The Balaban J connectivity index is 1.39. The lowest BCUT2D eigenvalue weighted by atomic mass is 10.0. The molecule has 26 heavy (non-hydrogen) atoms. The van der Waals surface area contributed by atoms with Gasteiger partial charge >= 0.3 is 0 Å². The molecule has 2 fully saturated rings. The average molecular weight is 355 g/mol. The molecule has 0 unspecified atom stereocenters. The SMILES string of the molecule is O/N=C1/C[C@@H]2O[C@H](c3ccccc3)OC[C@H]2O[C@@H]1OCc1ccccc1. The maximum atomic E-state index is 9.37. The first-order valence-electron chi connectivity index (χ1n) is 8.67. The molecule has 0 amide bonds. The van der Waals surface area contributed by atoms with E-state index in [0.29, 0.717) is 25.3 Å². The highest BCUT2D eigenvalue weighted by atomic mass is 16.7. The van der Waals surface area contributed by atoms with Crippen molar-refractivity contribution in [3.8, 4) is 0 Å². The Morgan fingerprint density at radius 1 is 0.962 bits per heavy atom. The third-order valence-corrected chi connectivity index (χ3v) is 4.55. The monoisotopic (exact) mass is 355 g/mol. The Morgan fingerprint density at radius 2 is 1.69 bits per heavy atom. The molecule has 2 aromatic rings. The lowest BCUT2D eigenvalue weighted by Gasteiger charge is -2.41. The molecule has 4 atom stereocenters. The van der Waals surface area contributed by atoms with Crippen LogP contribution in [0.4, 0.5) is 0 Å². The molecule has 0 aromatic heterocycles. The van der Waals surface area contributed by atoms with Crippen LogP contribution in [-0.2, 0) is 25.6 Å². The van der Waals surface area contributed by atoms with E-state index in [1.54, 1.807) is 0 Å². The molecule has 136 valence electrons. The van der Waals surface area contributed by atoms with Crippen molar-refractivity contribution in [1.82, 2.24) is 0 Å². The highest BCUT2D eigenvalue weighted by Crippen LogP contribution is 2.33. The molecule has 2 saturated heterocycles. The number of fused-ring (bicyclic) bond motifs is 1. The molecule has 6 nitrogen and oxygen atoms in total. The van der Waals surface area contributed by atoms with Gasteiger partial charge in [-0.3, -0.25) is 0 Å². The summed E-state index contributed by atoms with van der Waals surface area (Å²) in [5.74, 6) is 0. The molecule has 2 aliphatic rings. The predicted octanol–water partition coefficient (Wildman–Crippen LogP) is 3.26. The fourth-order valence-corrected chi connectivity index (χ4v) is 3.18. The minimum atomic E-state index is -0.707. The van der Waals surface area contributed by atoms with Crippen molar-refractivity contribution in [2.24, 2.45) is 5.16 Å². The normalized spacial score (nSPS) is 30.1. The molecule has 4 rings (SSSR count). The van der Waals surface area contributed by atoms with Gasteiger partial charge in [-0.05, 0) is 5.56 Å². The average Bonchev–Trinajstić information content (AvgIpc) is 2.72. The second-order valence-electron chi connectivity index (χ2n) is 6.35. The van der Waals surface area contributed by atoms with Crippen LogP contribution in [0.1, 0.15) is 23.8 Å². The topological polar surface area (TPSA) is 69.5 Å².